The van der Waals surface area contributed by atoms with Gasteiger partial charge in [-0.3, -0.25) is 9.59 Å². The van der Waals surface area contributed by atoms with Gasteiger partial charge in [0.1, 0.15) is 0 Å². The lowest BCUT2D eigenvalue weighted by atomic mass is 9.94. The van der Waals surface area contributed by atoms with Crippen molar-refractivity contribution in [3.8, 4) is 0 Å². The third kappa shape index (κ3) is 6.06. The van der Waals surface area contributed by atoms with Gasteiger partial charge in [-0.05, 0) is 20.8 Å². The van der Waals surface area contributed by atoms with E-state index in [4.69, 9.17) is 9.84 Å². The van der Waals surface area contributed by atoms with Crippen LogP contribution in [0.5, 0.6) is 0 Å². The Morgan fingerprint density at radius 2 is 2.00 bits per heavy atom. The average molecular weight is 217 g/mol. The van der Waals surface area contributed by atoms with Gasteiger partial charge in [0.25, 0.3) is 0 Å². The summed E-state index contributed by atoms with van der Waals surface area (Å²) in [5.74, 6) is -1.11. The molecule has 0 radical (unpaired) electrons. The predicted molar refractivity (Wildman–Crippen MR) is 55.5 cm³/mol. The Bertz CT molecular complexity index is 225. The first-order valence-electron chi connectivity index (χ1n) is 4.98. The number of amides is 1. The molecule has 2 N–H and O–H groups in total. The number of carbonyl (C=O) groups is 2. The number of nitrogens with one attached hydrogen (secondary N) is 1. The smallest absolute Gasteiger partial charge is 0.310 e. The fraction of sp³-hybridized carbons (Fsp3) is 0.800. The van der Waals surface area contributed by atoms with Crippen molar-refractivity contribution in [3.05, 3.63) is 0 Å². The second-order valence-corrected chi connectivity index (χ2v) is 3.91. The van der Waals surface area contributed by atoms with Crippen molar-refractivity contribution in [2.75, 3.05) is 19.8 Å². The summed E-state index contributed by atoms with van der Waals surface area (Å²) in [5.41, 5.74) is -0.929. The van der Waals surface area contributed by atoms with Crippen molar-refractivity contribution in [1.82, 2.24) is 5.32 Å². The summed E-state index contributed by atoms with van der Waals surface area (Å²) in [6.45, 7) is 6.07. The van der Waals surface area contributed by atoms with Crippen LogP contribution in [0.15, 0.2) is 0 Å². The van der Waals surface area contributed by atoms with E-state index >= 15 is 0 Å². The molecule has 0 heterocycles. The van der Waals surface area contributed by atoms with E-state index in [1.807, 2.05) is 6.92 Å². The first kappa shape index (κ1) is 13.9. The summed E-state index contributed by atoms with van der Waals surface area (Å²) in [6, 6.07) is 0. The summed E-state index contributed by atoms with van der Waals surface area (Å²) in [6.07, 6.45) is 0.267. The van der Waals surface area contributed by atoms with E-state index in [0.29, 0.717) is 13.2 Å². The van der Waals surface area contributed by atoms with Crippen molar-refractivity contribution in [2.45, 2.75) is 27.2 Å². The predicted octanol–water partition coefficient (Wildman–Crippen LogP) is 0.640. The Kier molecular flexibility index (Phi) is 5.93. The molecule has 0 aliphatic heterocycles. The summed E-state index contributed by atoms with van der Waals surface area (Å²) in [7, 11) is 0. The van der Waals surface area contributed by atoms with E-state index in [1.165, 1.54) is 0 Å². The van der Waals surface area contributed by atoms with E-state index in [0.717, 1.165) is 0 Å². The highest BCUT2D eigenvalue weighted by molar-refractivity contribution is 5.78. The number of carboxylic acid groups (broad SMARTS) is 1. The van der Waals surface area contributed by atoms with Crippen LogP contribution in [0.3, 0.4) is 0 Å². The van der Waals surface area contributed by atoms with Crippen LogP contribution in [0.25, 0.3) is 0 Å². The maximum absolute atomic E-state index is 11.2. The molecule has 5 nitrogen and oxygen atoms in total. The quantitative estimate of drug-likeness (QED) is 0.614. The highest BCUT2D eigenvalue weighted by atomic mass is 16.5. The third-order valence-corrected chi connectivity index (χ3v) is 1.98. The molecule has 0 aliphatic rings. The molecule has 0 saturated heterocycles. The topological polar surface area (TPSA) is 75.6 Å². The monoisotopic (exact) mass is 217 g/mol. The van der Waals surface area contributed by atoms with Gasteiger partial charge in [0.2, 0.25) is 5.91 Å². The van der Waals surface area contributed by atoms with E-state index in [2.05, 4.69) is 5.32 Å². The lowest BCUT2D eigenvalue weighted by Gasteiger charge is -2.19. The van der Waals surface area contributed by atoms with Crippen molar-refractivity contribution in [1.29, 1.82) is 0 Å². The zero-order valence-electron chi connectivity index (χ0n) is 9.50. The minimum absolute atomic E-state index is 0.132. The number of ether oxygens (including phenoxy) is 1. The molecule has 0 aromatic heterocycles. The van der Waals surface area contributed by atoms with Gasteiger partial charge in [0.05, 0.1) is 12.0 Å². The lowest BCUT2D eigenvalue weighted by Crippen LogP contribution is -2.39. The fourth-order valence-corrected chi connectivity index (χ4v) is 0.793. The molecule has 88 valence electrons. The second kappa shape index (κ2) is 6.40. The normalized spacial score (nSPS) is 11.1. The third-order valence-electron chi connectivity index (χ3n) is 1.98. The Balaban J connectivity index is 3.75. The van der Waals surface area contributed by atoms with Crippen molar-refractivity contribution in [3.63, 3.8) is 0 Å². The van der Waals surface area contributed by atoms with Crippen LogP contribution in [0, 0.1) is 5.41 Å². The average Bonchev–Trinajstić information content (AvgIpc) is 2.15. The molecule has 0 bridgehead atoms. The van der Waals surface area contributed by atoms with Crippen LogP contribution in [0.2, 0.25) is 0 Å². The molecule has 0 aromatic carbocycles. The van der Waals surface area contributed by atoms with Crippen molar-refractivity contribution >= 4 is 11.9 Å². The SMILES string of the molecule is CCOCCC(=O)NCC(C)(C)C(=O)O. The minimum Gasteiger partial charge on any atom is -0.481 e. The van der Waals surface area contributed by atoms with Gasteiger partial charge in [-0.2, -0.15) is 0 Å². The standard InChI is InChI=1S/C10H19NO4/c1-4-15-6-5-8(12)11-7-10(2,3)9(13)14/h4-7H2,1-3H3,(H,11,12)(H,13,14). The molecule has 0 fully saturated rings. The van der Waals surface area contributed by atoms with Crippen LogP contribution >= 0.6 is 0 Å². The maximum atomic E-state index is 11.2. The second-order valence-electron chi connectivity index (χ2n) is 3.91. The summed E-state index contributed by atoms with van der Waals surface area (Å²) >= 11 is 0. The van der Waals surface area contributed by atoms with Gasteiger partial charge in [-0.1, -0.05) is 0 Å². The molecular weight excluding hydrogens is 198 g/mol. The highest BCUT2D eigenvalue weighted by Gasteiger charge is 2.27. The van der Waals surface area contributed by atoms with Gasteiger partial charge >= 0.3 is 5.97 Å². The summed E-state index contributed by atoms with van der Waals surface area (Å²) < 4.78 is 5.01. The first-order chi connectivity index (χ1) is 6.90. The molecule has 0 saturated carbocycles. The van der Waals surface area contributed by atoms with Crippen LogP contribution in [0.1, 0.15) is 27.2 Å². The highest BCUT2D eigenvalue weighted by Crippen LogP contribution is 2.12. The van der Waals surface area contributed by atoms with E-state index in [9.17, 15) is 9.59 Å². The molecule has 0 spiro atoms. The Labute approximate surface area is 89.8 Å². The van der Waals surface area contributed by atoms with Gasteiger partial charge in [-0.25, -0.2) is 0 Å². The number of carbonyl (C=O) groups excluding carboxylic acids is 1. The largest absolute Gasteiger partial charge is 0.481 e. The van der Waals surface area contributed by atoms with Gasteiger partial charge in [-0.15, -0.1) is 0 Å². The number of aliphatic carboxylic acids is 1. The molecule has 15 heavy (non-hydrogen) atoms. The zero-order valence-corrected chi connectivity index (χ0v) is 9.50. The van der Waals surface area contributed by atoms with Crippen LogP contribution in [-0.4, -0.2) is 36.7 Å². The molecule has 0 aromatic rings. The number of rotatable bonds is 7. The zero-order chi connectivity index (χ0) is 11.9. The van der Waals surface area contributed by atoms with Gasteiger partial charge < -0.3 is 15.2 Å². The number of hydrogen-bond acceptors (Lipinski definition) is 3. The Morgan fingerprint density at radius 1 is 1.40 bits per heavy atom. The van der Waals surface area contributed by atoms with E-state index in [-0.39, 0.29) is 18.9 Å². The van der Waals surface area contributed by atoms with Crippen molar-refractivity contribution in [2.24, 2.45) is 5.41 Å². The Morgan fingerprint density at radius 3 is 2.47 bits per heavy atom. The fourth-order valence-electron chi connectivity index (χ4n) is 0.793. The van der Waals surface area contributed by atoms with Gasteiger partial charge in [0, 0.05) is 19.6 Å². The van der Waals surface area contributed by atoms with Crippen LogP contribution < -0.4 is 5.32 Å². The Hall–Kier alpha value is -1.10. The lowest BCUT2D eigenvalue weighted by molar-refractivity contribution is -0.146. The molecular formula is C10H19NO4. The summed E-state index contributed by atoms with van der Waals surface area (Å²) in [5, 5.41) is 11.4. The minimum atomic E-state index is -0.929. The molecule has 0 aliphatic carbocycles. The number of hydrogen-bond donors (Lipinski definition) is 2. The van der Waals surface area contributed by atoms with Crippen molar-refractivity contribution < 1.29 is 19.4 Å². The first-order valence-corrected chi connectivity index (χ1v) is 4.98. The molecule has 5 heteroatoms. The molecule has 1 amide bonds. The van der Waals surface area contributed by atoms with E-state index < -0.39 is 11.4 Å². The van der Waals surface area contributed by atoms with E-state index in [1.54, 1.807) is 13.8 Å². The van der Waals surface area contributed by atoms with Crippen LogP contribution in [-0.2, 0) is 14.3 Å². The molecule has 0 atom stereocenters. The molecule has 0 rings (SSSR count). The van der Waals surface area contributed by atoms with Crippen LogP contribution in [0.4, 0.5) is 0 Å². The number of carboxylic acids is 1. The molecule has 0 unspecified atom stereocenters. The van der Waals surface area contributed by atoms with Gasteiger partial charge in [0.15, 0.2) is 0 Å². The maximum Gasteiger partial charge on any atom is 0.310 e. The summed E-state index contributed by atoms with van der Waals surface area (Å²) in [4.78, 5) is 21.9.